The molecular weight excluding hydrogens is 226 g/mol. The third-order valence-electron chi connectivity index (χ3n) is 3.08. The Morgan fingerprint density at radius 1 is 1.33 bits per heavy atom. The number of aromatic nitrogens is 2. The fraction of sp³-hybridized carbons (Fsp3) is 0.786. The second-order valence-corrected chi connectivity index (χ2v) is 5.35. The molecule has 18 heavy (non-hydrogen) atoms. The summed E-state index contributed by atoms with van der Waals surface area (Å²) in [6.07, 6.45) is 4.56. The molecule has 0 saturated heterocycles. The van der Waals surface area contributed by atoms with E-state index in [9.17, 15) is 0 Å². The molecule has 1 aromatic rings. The van der Waals surface area contributed by atoms with Crippen LogP contribution in [0.3, 0.4) is 0 Å². The summed E-state index contributed by atoms with van der Waals surface area (Å²) in [7, 11) is 1.71. The first-order valence-electron chi connectivity index (χ1n) is 6.82. The molecule has 0 bridgehead atoms. The van der Waals surface area contributed by atoms with Crippen molar-refractivity contribution in [1.82, 2.24) is 9.55 Å². The zero-order valence-corrected chi connectivity index (χ0v) is 12.4. The van der Waals surface area contributed by atoms with Gasteiger partial charge in [0.25, 0.3) is 0 Å². The number of aryl methyl sites for hydroxylation is 1. The van der Waals surface area contributed by atoms with Gasteiger partial charge in [-0.25, -0.2) is 4.98 Å². The first kappa shape index (κ1) is 15.0. The maximum Gasteiger partial charge on any atom is 0.203 e. The summed E-state index contributed by atoms with van der Waals surface area (Å²) in [6, 6.07) is 0.485. The summed E-state index contributed by atoms with van der Waals surface area (Å²) in [5.74, 6) is 1.71. The molecule has 1 atom stereocenters. The third-order valence-corrected chi connectivity index (χ3v) is 3.08. The topological polar surface area (TPSA) is 39.1 Å². The van der Waals surface area contributed by atoms with Crippen molar-refractivity contribution < 1.29 is 4.74 Å². The Morgan fingerprint density at radius 2 is 2.06 bits per heavy atom. The predicted molar refractivity (Wildman–Crippen MR) is 76.1 cm³/mol. The molecule has 0 fully saturated rings. The van der Waals surface area contributed by atoms with E-state index in [-0.39, 0.29) is 0 Å². The van der Waals surface area contributed by atoms with Crippen LogP contribution in [0.1, 0.15) is 45.3 Å². The summed E-state index contributed by atoms with van der Waals surface area (Å²) in [4.78, 5) is 4.53. The van der Waals surface area contributed by atoms with Crippen LogP contribution in [0.2, 0.25) is 0 Å². The van der Waals surface area contributed by atoms with Gasteiger partial charge in [-0.15, -0.1) is 0 Å². The van der Waals surface area contributed by atoms with Gasteiger partial charge in [-0.1, -0.05) is 13.8 Å². The number of imidazole rings is 1. The predicted octanol–water partition coefficient (Wildman–Crippen LogP) is 3.25. The van der Waals surface area contributed by atoms with Crippen molar-refractivity contribution in [2.75, 3.05) is 25.6 Å². The van der Waals surface area contributed by atoms with Crippen LogP contribution < -0.4 is 5.32 Å². The Hall–Kier alpha value is -1.03. The molecule has 0 amide bonds. The zero-order valence-electron chi connectivity index (χ0n) is 12.4. The van der Waals surface area contributed by atoms with E-state index in [1.54, 1.807) is 7.11 Å². The molecule has 0 aliphatic carbocycles. The Kier molecular flexibility index (Phi) is 6.19. The first-order valence-corrected chi connectivity index (χ1v) is 6.82. The van der Waals surface area contributed by atoms with Crippen LogP contribution in [0, 0.1) is 12.8 Å². The number of methoxy groups -OCH3 is 1. The van der Waals surface area contributed by atoms with Gasteiger partial charge in [0.15, 0.2) is 0 Å². The molecule has 0 saturated carbocycles. The lowest BCUT2D eigenvalue weighted by molar-refractivity contribution is 0.210. The van der Waals surface area contributed by atoms with Crippen LogP contribution in [-0.2, 0) is 4.74 Å². The van der Waals surface area contributed by atoms with Crippen molar-refractivity contribution in [3.8, 4) is 0 Å². The second-order valence-electron chi connectivity index (χ2n) is 5.35. The molecule has 4 nitrogen and oxygen atoms in total. The molecule has 0 spiro atoms. The number of nitrogens with zero attached hydrogens (tertiary/aromatic N) is 2. The summed E-state index contributed by atoms with van der Waals surface area (Å²) < 4.78 is 7.29. The van der Waals surface area contributed by atoms with Crippen LogP contribution in [0.5, 0.6) is 0 Å². The zero-order chi connectivity index (χ0) is 13.5. The highest BCUT2D eigenvalue weighted by atomic mass is 16.5. The Balaban J connectivity index is 2.62. The van der Waals surface area contributed by atoms with E-state index in [2.05, 4.69) is 41.8 Å². The maximum atomic E-state index is 5.05. The highest BCUT2D eigenvalue weighted by Gasteiger charge is 2.12. The monoisotopic (exact) mass is 253 g/mol. The quantitative estimate of drug-likeness (QED) is 0.723. The van der Waals surface area contributed by atoms with E-state index < -0.39 is 0 Å². The van der Waals surface area contributed by atoms with E-state index >= 15 is 0 Å². The largest absolute Gasteiger partial charge is 0.383 e. The average Bonchev–Trinajstić information content (AvgIpc) is 2.68. The van der Waals surface area contributed by atoms with Crippen LogP contribution in [0.4, 0.5) is 5.95 Å². The van der Waals surface area contributed by atoms with Crippen LogP contribution in [0.25, 0.3) is 0 Å². The van der Waals surface area contributed by atoms with E-state index in [0.717, 1.165) is 24.1 Å². The Bertz CT molecular complexity index is 347. The number of anilines is 1. The molecule has 0 aromatic carbocycles. The van der Waals surface area contributed by atoms with Gasteiger partial charge >= 0.3 is 0 Å². The summed E-state index contributed by atoms with van der Waals surface area (Å²) in [5, 5.41) is 3.33. The minimum atomic E-state index is 0.485. The fourth-order valence-electron chi connectivity index (χ4n) is 1.96. The Labute approximate surface area is 111 Å². The van der Waals surface area contributed by atoms with Crippen molar-refractivity contribution in [2.24, 2.45) is 5.92 Å². The number of rotatable bonds is 8. The molecule has 0 aliphatic rings. The molecule has 1 N–H and O–H groups in total. The number of nitrogens with one attached hydrogen (secondary N) is 1. The molecule has 104 valence electrons. The van der Waals surface area contributed by atoms with Gasteiger partial charge in [-0.3, -0.25) is 0 Å². The molecule has 1 heterocycles. The highest BCUT2D eigenvalue weighted by Crippen LogP contribution is 2.21. The summed E-state index contributed by atoms with van der Waals surface area (Å²) in [5.41, 5.74) is 1.06. The van der Waals surface area contributed by atoms with Crippen molar-refractivity contribution in [1.29, 1.82) is 0 Å². The molecule has 0 aliphatic heterocycles. The number of hydrogen-bond donors (Lipinski definition) is 1. The van der Waals surface area contributed by atoms with Crippen LogP contribution in [-0.4, -0.2) is 29.8 Å². The molecule has 1 aromatic heterocycles. The normalized spacial score (nSPS) is 13.0. The number of ether oxygens (including phenoxy) is 1. The lowest BCUT2D eigenvalue weighted by atomic mass is 10.0. The van der Waals surface area contributed by atoms with Crippen LogP contribution >= 0.6 is 0 Å². The second kappa shape index (κ2) is 7.41. The van der Waals surface area contributed by atoms with Gasteiger partial charge in [0.05, 0.1) is 12.3 Å². The lowest BCUT2D eigenvalue weighted by Gasteiger charge is -2.17. The van der Waals surface area contributed by atoms with Gasteiger partial charge in [0, 0.05) is 25.9 Å². The number of hydrogen-bond acceptors (Lipinski definition) is 3. The fourth-order valence-corrected chi connectivity index (χ4v) is 1.96. The molecule has 1 rings (SSSR count). The van der Waals surface area contributed by atoms with E-state index in [4.69, 9.17) is 4.74 Å². The van der Waals surface area contributed by atoms with Crippen molar-refractivity contribution in [3.05, 3.63) is 11.9 Å². The van der Waals surface area contributed by atoms with Crippen molar-refractivity contribution in [3.63, 3.8) is 0 Å². The van der Waals surface area contributed by atoms with Crippen molar-refractivity contribution >= 4 is 5.95 Å². The van der Waals surface area contributed by atoms with Gasteiger partial charge < -0.3 is 14.6 Å². The van der Waals surface area contributed by atoms with Gasteiger partial charge in [0.1, 0.15) is 0 Å². The van der Waals surface area contributed by atoms with Gasteiger partial charge in [-0.05, 0) is 32.6 Å². The first-order chi connectivity index (χ1) is 8.54. The SMILES string of the molecule is COCCNc1nc(C)cn1C(C)CCC(C)C. The summed E-state index contributed by atoms with van der Waals surface area (Å²) >= 11 is 0. The third kappa shape index (κ3) is 4.69. The standard InChI is InChI=1S/C14H27N3O/c1-11(2)6-7-13(4)17-10-12(3)16-14(17)15-8-9-18-5/h10-11,13H,6-9H2,1-5H3,(H,15,16). The maximum absolute atomic E-state index is 5.05. The molecular formula is C14H27N3O. The van der Waals surface area contributed by atoms with Gasteiger partial charge in [0.2, 0.25) is 5.95 Å². The van der Waals surface area contributed by atoms with Crippen molar-refractivity contribution in [2.45, 2.75) is 46.6 Å². The van der Waals surface area contributed by atoms with Crippen LogP contribution in [0.15, 0.2) is 6.20 Å². The molecule has 0 radical (unpaired) electrons. The summed E-state index contributed by atoms with van der Waals surface area (Å²) in [6.45, 7) is 10.3. The minimum Gasteiger partial charge on any atom is -0.383 e. The average molecular weight is 253 g/mol. The van der Waals surface area contributed by atoms with E-state index in [0.29, 0.717) is 12.6 Å². The minimum absolute atomic E-state index is 0.485. The molecule has 4 heteroatoms. The smallest absolute Gasteiger partial charge is 0.203 e. The highest BCUT2D eigenvalue weighted by molar-refractivity contribution is 5.29. The Morgan fingerprint density at radius 3 is 2.67 bits per heavy atom. The van der Waals surface area contributed by atoms with Gasteiger partial charge in [-0.2, -0.15) is 0 Å². The van der Waals surface area contributed by atoms with E-state index in [1.165, 1.54) is 12.8 Å². The molecule has 1 unspecified atom stereocenters. The van der Waals surface area contributed by atoms with E-state index in [1.807, 2.05) is 6.92 Å². The lowest BCUT2D eigenvalue weighted by Crippen LogP contribution is -2.14.